The van der Waals surface area contributed by atoms with E-state index in [1.807, 2.05) is 6.92 Å². The lowest BCUT2D eigenvalue weighted by molar-refractivity contribution is -0.230. The summed E-state index contributed by atoms with van der Waals surface area (Å²) >= 11 is 0. The highest BCUT2D eigenvalue weighted by Crippen LogP contribution is 2.38. The highest BCUT2D eigenvalue weighted by molar-refractivity contribution is 5.26. The van der Waals surface area contributed by atoms with Crippen molar-refractivity contribution >= 4 is 0 Å². The maximum atomic E-state index is 13.6. The first-order valence-corrected chi connectivity index (χ1v) is 6.14. The van der Waals surface area contributed by atoms with Gasteiger partial charge in [0.05, 0.1) is 0 Å². The van der Waals surface area contributed by atoms with E-state index in [2.05, 4.69) is 0 Å². The summed E-state index contributed by atoms with van der Waals surface area (Å²) in [6, 6.07) is 6.92. The fourth-order valence-corrected chi connectivity index (χ4v) is 1.62. The predicted molar refractivity (Wildman–Crippen MR) is 66.1 cm³/mol. The summed E-state index contributed by atoms with van der Waals surface area (Å²) in [7, 11) is 0. The molecular formula is C14H18F4O. The second-order valence-electron chi connectivity index (χ2n) is 4.86. The van der Waals surface area contributed by atoms with Crippen molar-refractivity contribution in [1.82, 2.24) is 0 Å². The predicted octanol–water partition coefficient (Wildman–Crippen LogP) is 4.83. The number of hydrogen-bond acceptors (Lipinski definition) is 1. The number of hydrogen-bond donors (Lipinski definition) is 0. The first kappa shape index (κ1) is 15.8. The van der Waals surface area contributed by atoms with Gasteiger partial charge in [0.15, 0.2) is 0 Å². The van der Waals surface area contributed by atoms with E-state index < -0.39 is 24.4 Å². The Morgan fingerprint density at radius 1 is 1.11 bits per heavy atom. The lowest BCUT2D eigenvalue weighted by Crippen LogP contribution is -2.41. The van der Waals surface area contributed by atoms with Crippen LogP contribution in [0.25, 0.3) is 0 Å². The van der Waals surface area contributed by atoms with Crippen LogP contribution in [-0.2, 0) is 0 Å². The largest absolute Gasteiger partial charge is 0.490 e. The minimum absolute atomic E-state index is 0.309. The van der Waals surface area contributed by atoms with Gasteiger partial charge < -0.3 is 4.74 Å². The molecule has 0 aromatic heterocycles. The molecule has 1 aromatic carbocycles. The Bertz CT molecular complexity index is 395. The smallest absolute Gasteiger partial charge is 0.422 e. The zero-order chi connectivity index (χ0) is 14.7. The quantitative estimate of drug-likeness (QED) is 0.701. The van der Waals surface area contributed by atoms with Crippen LogP contribution in [0.15, 0.2) is 24.3 Å². The van der Waals surface area contributed by atoms with Gasteiger partial charge in [-0.25, -0.2) is 4.39 Å². The average Bonchev–Trinajstić information content (AvgIpc) is 2.29. The maximum absolute atomic E-state index is 13.6. The molecule has 0 bridgehead atoms. The molecule has 1 aromatic rings. The van der Waals surface area contributed by atoms with Crippen LogP contribution in [0.5, 0.6) is 5.75 Å². The zero-order valence-electron chi connectivity index (χ0n) is 11.2. The minimum atomic E-state index is -4.88. The fourth-order valence-electron chi connectivity index (χ4n) is 1.62. The first-order chi connectivity index (χ1) is 8.65. The van der Waals surface area contributed by atoms with Crippen molar-refractivity contribution in [2.75, 3.05) is 0 Å². The van der Waals surface area contributed by atoms with Gasteiger partial charge in [-0.05, 0) is 32.4 Å². The van der Waals surface area contributed by atoms with Crippen molar-refractivity contribution in [2.45, 2.75) is 51.6 Å². The summed E-state index contributed by atoms with van der Waals surface area (Å²) in [6.45, 7) is 4.11. The van der Waals surface area contributed by atoms with E-state index in [-0.39, 0.29) is 0 Å². The van der Waals surface area contributed by atoms with E-state index in [0.717, 1.165) is 5.56 Å². The maximum Gasteiger partial charge on any atom is 0.422 e. The summed E-state index contributed by atoms with van der Waals surface area (Å²) in [4.78, 5) is 0. The molecule has 2 unspecified atom stereocenters. The number of rotatable bonds is 5. The molecule has 0 aliphatic heterocycles. The number of benzene rings is 1. The van der Waals surface area contributed by atoms with Crippen molar-refractivity contribution in [3.05, 3.63) is 29.8 Å². The Hall–Kier alpha value is -1.26. The molecule has 0 heterocycles. The van der Waals surface area contributed by atoms with Gasteiger partial charge in [-0.2, -0.15) is 13.2 Å². The number of aryl methyl sites for hydroxylation is 1. The highest BCUT2D eigenvalue weighted by atomic mass is 19.4. The molecule has 0 saturated heterocycles. The summed E-state index contributed by atoms with van der Waals surface area (Å²) in [5.74, 6) is 0.454. The first-order valence-electron chi connectivity index (χ1n) is 6.14. The third-order valence-electron chi connectivity index (χ3n) is 2.98. The normalized spacial score (nSPS) is 16.8. The van der Waals surface area contributed by atoms with E-state index in [1.165, 1.54) is 0 Å². The molecule has 0 radical (unpaired) electrons. The fraction of sp³-hybridized carbons (Fsp3) is 0.571. The molecule has 19 heavy (non-hydrogen) atoms. The minimum Gasteiger partial charge on any atom is -0.490 e. The third-order valence-corrected chi connectivity index (χ3v) is 2.98. The van der Waals surface area contributed by atoms with E-state index in [4.69, 9.17) is 4.74 Å². The Balaban J connectivity index is 2.72. The van der Waals surface area contributed by atoms with Crippen molar-refractivity contribution in [2.24, 2.45) is 0 Å². The molecule has 108 valence electrons. The molecule has 1 rings (SSSR count). The second kappa shape index (κ2) is 5.80. The molecule has 1 nitrogen and oxygen atoms in total. The van der Waals surface area contributed by atoms with Crippen LogP contribution >= 0.6 is 0 Å². The van der Waals surface area contributed by atoms with Crippen LogP contribution in [0.3, 0.4) is 0 Å². The van der Waals surface area contributed by atoms with Crippen molar-refractivity contribution in [3.63, 3.8) is 0 Å². The van der Waals surface area contributed by atoms with Gasteiger partial charge in [0.25, 0.3) is 0 Å². The zero-order valence-corrected chi connectivity index (χ0v) is 11.2. The van der Waals surface area contributed by atoms with Gasteiger partial charge >= 0.3 is 6.18 Å². The Labute approximate surface area is 110 Å². The standard InChI is InChI=1S/C14H18F4O/c1-4-11(9-13(3,15)14(16,17)18)19-12-7-5-10(2)6-8-12/h5-8,11H,4,9H2,1-3H3. The summed E-state index contributed by atoms with van der Waals surface area (Å²) in [5, 5.41) is 0. The molecule has 0 aliphatic carbocycles. The number of halogens is 4. The number of alkyl halides is 4. The van der Waals surface area contributed by atoms with Crippen LogP contribution in [0, 0.1) is 6.92 Å². The number of ether oxygens (including phenoxy) is 1. The van der Waals surface area contributed by atoms with Gasteiger partial charge in [-0.1, -0.05) is 24.6 Å². The topological polar surface area (TPSA) is 9.23 Å². The molecule has 0 N–H and O–H groups in total. The van der Waals surface area contributed by atoms with Crippen molar-refractivity contribution in [3.8, 4) is 5.75 Å². The Morgan fingerprint density at radius 2 is 1.63 bits per heavy atom. The Kier molecular flexibility index (Phi) is 4.82. The van der Waals surface area contributed by atoms with Crippen LogP contribution < -0.4 is 4.74 Å². The van der Waals surface area contributed by atoms with Crippen LogP contribution in [0.4, 0.5) is 17.6 Å². The van der Waals surface area contributed by atoms with E-state index >= 15 is 0 Å². The molecular weight excluding hydrogens is 260 g/mol. The summed E-state index contributed by atoms with van der Waals surface area (Å²) in [5.41, 5.74) is -2.22. The summed E-state index contributed by atoms with van der Waals surface area (Å²) < 4.78 is 56.5. The van der Waals surface area contributed by atoms with E-state index in [0.29, 0.717) is 19.1 Å². The molecule has 2 atom stereocenters. The van der Waals surface area contributed by atoms with Gasteiger partial charge in [0.2, 0.25) is 5.67 Å². The SMILES string of the molecule is CCC(CC(C)(F)C(F)(F)F)Oc1ccc(C)cc1. The van der Waals surface area contributed by atoms with Gasteiger partial charge in [0.1, 0.15) is 11.9 Å². The van der Waals surface area contributed by atoms with Crippen LogP contribution in [0.2, 0.25) is 0 Å². The molecule has 5 heteroatoms. The molecule has 0 saturated carbocycles. The molecule has 0 spiro atoms. The monoisotopic (exact) mass is 278 g/mol. The van der Waals surface area contributed by atoms with E-state index in [9.17, 15) is 17.6 Å². The van der Waals surface area contributed by atoms with Crippen LogP contribution in [-0.4, -0.2) is 17.9 Å². The molecule has 0 fully saturated rings. The molecule has 0 amide bonds. The van der Waals surface area contributed by atoms with Crippen molar-refractivity contribution in [1.29, 1.82) is 0 Å². The second-order valence-corrected chi connectivity index (χ2v) is 4.86. The summed E-state index contributed by atoms with van der Waals surface area (Å²) in [6.07, 6.45) is -6.08. The lowest BCUT2D eigenvalue weighted by atomic mass is 9.98. The van der Waals surface area contributed by atoms with Crippen molar-refractivity contribution < 1.29 is 22.3 Å². The van der Waals surface area contributed by atoms with Crippen LogP contribution in [0.1, 0.15) is 32.3 Å². The lowest BCUT2D eigenvalue weighted by Gasteiger charge is -2.28. The highest BCUT2D eigenvalue weighted by Gasteiger charge is 2.53. The average molecular weight is 278 g/mol. The van der Waals surface area contributed by atoms with Gasteiger partial charge in [-0.3, -0.25) is 0 Å². The van der Waals surface area contributed by atoms with E-state index in [1.54, 1.807) is 31.2 Å². The molecule has 0 aliphatic rings. The van der Waals surface area contributed by atoms with Gasteiger partial charge in [-0.15, -0.1) is 0 Å². The Morgan fingerprint density at radius 3 is 2.05 bits per heavy atom. The van der Waals surface area contributed by atoms with Gasteiger partial charge in [0, 0.05) is 6.42 Å². The third kappa shape index (κ3) is 4.40.